The Hall–Kier alpha value is -6.20. The summed E-state index contributed by atoms with van der Waals surface area (Å²) in [5.74, 6) is 0.475. The van der Waals surface area contributed by atoms with Gasteiger partial charge in [-0.25, -0.2) is 4.98 Å². The van der Waals surface area contributed by atoms with Crippen molar-refractivity contribution in [3.05, 3.63) is 156 Å². The SMILES string of the molecule is [2H]C(C)(C)c1cccc2c3cccc(C([2H])(C)C)c3n(-c3ccnc(-n4c5ccccc5c5ccc(Oc6cc(C)cc(-c7cc(C(C)(C)C)ccn7)c6)cc54)c3)c12. The predicted molar refractivity (Wildman–Crippen MR) is 234 cm³/mol. The molecule has 9 aromatic rings. The number of ether oxygens (including phenoxy) is 1. The number of para-hydroxylation sites is 3. The van der Waals surface area contributed by atoms with Crippen molar-refractivity contribution in [1.82, 2.24) is 19.1 Å². The molecule has 278 valence electrons. The van der Waals surface area contributed by atoms with E-state index in [2.05, 4.69) is 134 Å². The minimum absolute atomic E-state index is 0.0101. The fourth-order valence-electron chi connectivity index (χ4n) is 8.26. The van der Waals surface area contributed by atoms with Crippen LogP contribution in [0.4, 0.5) is 0 Å². The summed E-state index contributed by atoms with van der Waals surface area (Å²) in [6.07, 6.45) is 3.75. The first-order valence-electron chi connectivity index (χ1n) is 20.4. The van der Waals surface area contributed by atoms with Crippen molar-refractivity contribution < 1.29 is 7.48 Å². The minimum Gasteiger partial charge on any atom is -0.457 e. The number of benzene rings is 5. The molecule has 0 saturated heterocycles. The van der Waals surface area contributed by atoms with Crippen LogP contribution in [-0.4, -0.2) is 19.1 Å². The first-order chi connectivity index (χ1) is 27.6. The van der Waals surface area contributed by atoms with Crippen LogP contribution in [-0.2, 0) is 5.41 Å². The van der Waals surface area contributed by atoms with Crippen LogP contribution in [0.5, 0.6) is 11.5 Å². The third-order valence-electron chi connectivity index (χ3n) is 11.0. The Morgan fingerprint density at radius 1 is 0.589 bits per heavy atom. The fraction of sp³-hybridized carbons (Fsp3) is 0.216. The smallest absolute Gasteiger partial charge is 0.139 e. The number of pyridine rings is 2. The molecule has 4 heterocycles. The van der Waals surface area contributed by atoms with E-state index >= 15 is 0 Å². The van der Waals surface area contributed by atoms with Gasteiger partial charge in [0.2, 0.25) is 0 Å². The van der Waals surface area contributed by atoms with Gasteiger partial charge in [-0.1, -0.05) is 103 Å². The predicted octanol–water partition coefficient (Wildman–Crippen LogP) is 14.0. The van der Waals surface area contributed by atoms with Crippen LogP contribution in [0, 0.1) is 6.92 Å². The van der Waals surface area contributed by atoms with Gasteiger partial charge in [0, 0.05) is 54.4 Å². The second-order valence-corrected chi connectivity index (χ2v) is 16.5. The van der Waals surface area contributed by atoms with E-state index in [9.17, 15) is 2.74 Å². The molecular formula is C51H48N4O. The Bertz CT molecular complexity index is 2990. The normalized spacial score (nSPS) is 13.1. The van der Waals surface area contributed by atoms with Gasteiger partial charge in [0.25, 0.3) is 0 Å². The van der Waals surface area contributed by atoms with Gasteiger partial charge in [-0.05, 0) is 101 Å². The fourth-order valence-corrected chi connectivity index (χ4v) is 8.26. The van der Waals surface area contributed by atoms with Crippen molar-refractivity contribution in [2.45, 2.75) is 72.6 Å². The number of hydrogen-bond donors (Lipinski definition) is 0. The van der Waals surface area contributed by atoms with Gasteiger partial charge in [0.15, 0.2) is 0 Å². The summed E-state index contributed by atoms with van der Waals surface area (Å²) in [5.41, 5.74) is 11.0. The first kappa shape index (κ1) is 33.2. The zero-order chi connectivity index (χ0) is 40.7. The zero-order valence-corrected chi connectivity index (χ0v) is 33.4. The Kier molecular flexibility index (Phi) is 8.01. The summed E-state index contributed by atoms with van der Waals surface area (Å²) < 4.78 is 29.6. The lowest BCUT2D eigenvalue weighted by Crippen LogP contribution is -2.11. The molecule has 9 rings (SSSR count). The molecule has 0 N–H and O–H groups in total. The van der Waals surface area contributed by atoms with Crippen LogP contribution in [0.15, 0.2) is 134 Å². The van der Waals surface area contributed by atoms with Gasteiger partial charge in [-0.3, -0.25) is 9.55 Å². The summed E-state index contributed by atoms with van der Waals surface area (Å²) in [7, 11) is 0. The lowest BCUT2D eigenvalue weighted by molar-refractivity contribution is 0.483. The maximum Gasteiger partial charge on any atom is 0.139 e. The van der Waals surface area contributed by atoms with E-state index in [4.69, 9.17) is 14.7 Å². The number of nitrogens with zero attached hydrogens (tertiary/aromatic N) is 4. The lowest BCUT2D eigenvalue weighted by Gasteiger charge is -2.19. The standard InChI is InChI=1S/C51H48N4O/c1-31(2)39-14-11-16-43-44-17-12-15-40(32(3)4)50(44)54(49(39)43)36-22-24-53-48(29-36)55-46-18-10-9-13-41(46)42-20-19-37(30-47(42)55)56-38-26-33(5)25-34(27-38)45-28-35(21-23-52-45)51(6,7)8/h9-32H,1-8H3/i31D,32D. The van der Waals surface area contributed by atoms with Crippen LogP contribution in [0.1, 0.15) is 85.2 Å². The van der Waals surface area contributed by atoms with E-state index in [0.29, 0.717) is 5.75 Å². The van der Waals surface area contributed by atoms with Crippen molar-refractivity contribution in [2.24, 2.45) is 0 Å². The maximum atomic E-state index is 9.22. The summed E-state index contributed by atoms with van der Waals surface area (Å²) in [4.78, 5) is 9.75. The van der Waals surface area contributed by atoms with Crippen LogP contribution >= 0.6 is 0 Å². The van der Waals surface area contributed by atoms with Gasteiger partial charge < -0.3 is 9.30 Å². The summed E-state index contributed by atoms with van der Waals surface area (Å²) >= 11 is 0. The van der Waals surface area contributed by atoms with Gasteiger partial charge in [-0.15, -0.1) is 0 Å². The van der Waals surface area contributed by atoms with E-state index in [0.717, 1.165) is 88.8 Å². The molecule has 0 fully saturated rings. The van der Waals surface area contributed by atoms with Gasteiger partial charge >= 0.3 is 0 Å². The topological polar surface area (TPSA) is 44.9 Å². The minimum atomic E-state index is -0.869. The summed E-state index contributed by atoms with van der Waals surface area (Å²) in [6, 6.07) is 41.9. The molecule has 0 amide bonds. The Morgan fingerprint density at radius 3 is 1.95 bits per heavy atom. The maximum absolute atomic E-state index is 9.22. The quantitative estimate of drug-likeness (QED) is 0.164. The van der Waals surface area contributed by atoms with Crippen LogP contribution in [0.2, 0.25) is 0 Å². The first-order valence-corrected chi connectivity index (χ1v) is 19.4. The average Bonchev–Trinajstić information content (AvgIpc) is 3.69. The number of fused-ring (bicyclic) bond motifs is 6. The van der Waals surface area contributed by atoms with E-state index < -0.39 is 11.8 Å². The Morgan fingerprint density at radius 2 is 1.25 bits per heavy atom. The van der Waals surface area contributed by atoms with Crippen molar-refractivity contribution in [3.63, 3.8) is 0 Å². The van der Waals surface area contributed by atoms with Crippen molar-refractivity contribution in [1.29, 1.82) is 0 Å². The monoisotopic (exact) mass is 734 g/mol. The largest absolute Gasteiger partial charge is 0.457 e. The highest BCUT2D eigenvalue weighted by molar-refractivity contribution is 6.12. The molecule has 0 unspecified atom stereocenters. The Labute approximate surface area is 332 Å². The number of hydrogen-bond acceptors (Lipinski definition) is 3. The van der Waals surface area contributed by atoms with Crippen molar-refractivity contribution in [2.75, 3.05) is 0 Å². The average molecular weight is 735 g/mol. The third kappa shape index (κ3) is 6.03. The molecule has 0 atom stereocenters. The van der Waals surface area contributed by atoms with Crippen molar-refractivity contribution >= 4 is 43.6 Å². The lowest BCUT2D eigenvalue weighted by atomic mass is 9.87. The molecule has 0 bridgehead atoms. The molecule has 5 nitrogen and oxygen atoms in total. The highest BCUT2D eigenvalue weighted by Gasteiger charge is 2.22. The summed E-state index contributed by atoms with van der Waals surface area (Å²) in [5, 5.41) is 4.34. The number of aromatic nitrogens is 4. The van der Waals surface area contributed by atoms with Gasteiger partial charge in [0.05, 0.1) is 33.4 Å². The molecule has 0 aliphatic rings. The molecule has 5 aromatic carbocycles. The second-order valence-electron chi connectivity index (χ2n) is 16.5. The van der Waals surface area contributed by atoms with Crippen LogP contribution < -0.4 is 4.74 Å². The van der Waals surface area contributed by atoms with Gasteiger partial charge in [0.1, 0.15) is 17.3 Å². The van der Waals surface area contributed by atoms with E-state index in [1.807, 2.05) is 64.4 Å². The molecule has 0 spiro atoms. The van der Waals surface area contributed by atoms with Crippen LogP contribution in [0.3, 0.4) is 0 Å². The molecular weight excluding hydrogens is 685 g/mol. The van der Waals surface area contributed by atoms with E-state index in [1.165, 1.54) is 5.56 Å². The highest BCUT2D eigenvalue weighted by atomic mass is 16.5. The number of rotatable bonds is 7. The molecule has 4 aromatic heterocycles. The second kappa shape index (κ2) is 13.5. The highest BCUT2D eigenvalue weighted by Crippen LogP contribution is 2.41. The molecule has 0 radical (unpaired) electrons. The van der Waals surface area contributed by atoms with Gasteiger partial charge in [-0.2, -0.15) is 0 Å². The molecule has 5 heteroatoms. The summed E-state index contributed by atoms with van der Waals surface area (Å²) in [6.45, 7) is 16.5. The molecule has 0 saturated carbocycles. The zero-order valence-electron chi connectivity index (χ0n) is 35.4. The molecule has 0 aliphatic heterocycles. The van der Waals surface area contributed by atoms with E-state index in [-0.39, 0.29) is 5.41 Å². The van der Waals surface area contributed by atoms with E-state index in [1.54, 1.807) is 0 Å². The third-order valence-corrected chi connectivity index (χ3v) is 11.0. The van der Waals surface area contributed by atoms with Crippen LogP contribution in [0.25, 0.3) is 66.4 Å². The molecule has 56 heavy (non-hydrogen) atoms. The Balaban J connectivity index is 1.22. The number of aryl methyl sites for hydroxylation is 1. The van der Waals surface area contributed by atoms with Crippen molar-refractivity contribution in [3.8, 4) is 34.3 Å². The molecule has 0 aliphatic carbocycles.